The fraction of sp³-hybridized carbons (Fsp3) is 1.00. The van der Waals surface area contributed by atoms with E-state index in [0.29, 0.717) is 19.8 Å². The summed E-state index contributed by atoms with van der Waals surface area (Å²) in [6.07, 6.45) is 0. The number of ether oxygens (including phenoxy) is 2. The van der Waals surface area contributed by atoms with Gasteiger partial charge >= 0.3 is 0 Å². The van der Waals surface area contributed by atoms with Gasteiger partial charge in [-0.1, -0.05) is 0 Å². The lowest BCUT2D eigenvalue weighted by molar-refractivity contribution is -0.0330. The molecule has 3 nitrogen and oxygen atoms in total. The van der Waals surface area contributed by atoms with Crippen molar-refractivity contribution in [1.29, 1.82) is 0 Å². The molecule has 0 aromatic rings. The van der Waals surface area contributed by atoms with Crippen molar-refractivity contribution in [2.24, 2.45) is 5.73 Å². The number of hydrogen-bond acceptors (Lipinski definition) is 3. The Kier molecular flexibility index (Phi) is 4.60. The maximum Gasteiger partial charge on any atom is 0.0749 e. The quantitative estimate of drug-likeness (QED) is 0.572. The van der Waals surface area contributed by atoms with Gasteiger partial charge in [0.25, 0.3) is 0 Å². The lowest BCUT2D eigenvalue weighted by Crippen LogP contribution is -2.35. The van der Waals surface area contributed by atoms with Crippen molar-refractivity contribution in [3.05, 3.63) is 0 Å². The normalized spacial score (nSPS) is 12.0. The van der Waals surface area contributed by atoms with Crippen LogP contribution in [0, 0.1) is 0 Å². The van der Waals surface area contributed by atoms with Gasteiger partial charge in [-0.2, -0.15) is 0 Å². The zero-order chi connectivity index (χ0) is 8.04. The molecule has 0 bridgehead atoms. The monoisotopic (exact) mass is 147 g/mol. The highest BCUT2D eigenvalue weighted by atomic mass is 16.5. The van der Waals surface area contributed by atoms with Crippen molar-refractivity contribution in [1.82, 2.24) is 0 Å². The third kappa shape index (κ3) is 4.73. The smallest absolute Gasteiger partial charge is 0.0749 e. The molecule has 0 fully saturated rings. The van der Waals surface area contributed by atoms with E-state index in [1.807, 2.05) is 13.8 Å². The van der Waals surface area contributed by atoms with E-state index in [1.54, 1.807) is 7.11 Å². The van der Waals surface area contributed by atoms with Crippen molar-refractivity contribution in [3.63, 3.8) is 0 Å². The van der Waals surface area contributed by atoms with E-state index in [-0.39, 0.29) is 5.60 Å². The molecule has 0 saturated carbocycles. The maximum atomic E-state index is 5.42. The van der Waals surface area contributed by atoms with Gasteiger partial charge in [0.2, 0.25) is 0 Å². The molecule has 2 N–H and O–H groups in total. The Hall–Kier alpha value is -0.120. The van der Waals surface area contributed by atoms with Crippen LogP contribution < -0.4 is 5.73 Å². The molecule has 0 aliphatic rings. The second kappa shape index (κ2) is 4.66. The van der Waals surface area contributed by atoms with E-state index >= 15 is 0 Å². The zero-order valence-electron chi connectivity index (χ0n) is 7.02. The molecule has 0 amide bonds. The second-order valence-electron chi connectivity index (χ2n) is 2.81. The predicted octanol–water partition coefficient (Wildman–Crippen LogP) is 0.387. The summed E-state index contributed by atoms with van der Waals surface area (Å²) < 4.78 is 10.2. The fourth-order valence-electron chi connectivity index (χ4n) is 0.460. The average Bonchev–Trinajstić information content (AvgIpc) is 1.89. The number of hydrogen-bond donors (Lipinski definition) is 1. The van der Waals surface area contributed by atoms with Gasteiger partial charge in [0.1, 0.15) is 0 Å². The van der Waals surface area contributed by atoms with Gasteiger partial charge in [-0.3, -0.25) is 0 Å². The summed E-state index contributed by atoms with van der Waals surface area (Å²) in [6, 6.07) is 0. The Morgan fingerprint density at radius 2 is 1.90 bits per heavy atom. The topological polar surface area (TPSA) is 44.5 Å². The summed E-state index contributed by atoms with van der Waals surface area (Å²) in [6.45, 7) is 5.70. The molecule has 0 aromatic heterocycles. The van der Waals surface area contributed by atoms with Crippen molar-refractivity contribution >= 4 is 0 Å². The van der Waals surface area contributed by atoms with Crippen molar-refractivity contribution in [2.75, 3.05) is 26.9 Å². The lowest BCUT2D eigenvalue weighted by Gasteiger charge is -2.22. The van der Waals surface area contributed by atoms with Gasteiger partial charge in [0.05, 0.1) is 18.8 Å². The van der Waals surface area contributed by atoms with E-state index in [2.05, 4.69) is 0 Å². The molecule has 0 rings (SSSR count). The predicted molar refractivity (Wildman–Crippen MR) is 41.0 cm³/mol. The van der Waals surface area contributed by atoms with Gasteiger partial charge in [0, 0.05) is 13.7 Å². The first-order valence-corrected chi connectivity index (χ1v) is 3.45. The summed E-state index contributed by atoms with van der Waals surface area (Å²) in [5.74, 6) is 0. The first-order valence-electron chi connectivity index (χ1n) is 3.45. The highest BCUT2D eigenvalue weighted by Gasteiger charge is 2.14. The highest BCUT2D eigenvalue weighted by Crippen LogP contribution is 2.04. The van der Waals surface area contributed by atoms with Gasteiger partial charge < -0.3 is 15.2 Å². The molecule has 0 saturated heterocycles. The van der Waals surface area contributed by atoms with Crippen LogP contribution in [-0.2, 0) is 9.47 Å². The van der Waals surface area contributed by atoms with Crippen molar-refractivity contribution in [3.8, 4) is 0 Å². The van der Waals surface area contributed by atoms with Gasteiger partial charge in [-0.05, 0) is 13.8 Å². The molecule has 62 valence electrons. The molecular weight excluding hydrogens is 130 g/mol. The SMILES string of the molecule is COCCOC(C)(C)CN. The molecule has 0 unspecified atom stereocenters. The summed E-state index contributed by atoms with van der Waals surface area (Å²) in [5, 5.41) is 0. The van der Waals surface area contributed by atoms with Crippen LogP contribution in [0.15, 0.2) is 0 Å². The van der Waals surface area contributed by atoms with Crippen LogP contribution in [0.5, 0.6) is 0 Å². The Bertz CT molecular complexity index is 83.7. The summed E-state index contributed by atoms with van der Waals surface area (Å²) in [4.78, 5) is 0. The third-order valence-electron chi connectivity index (χ3n) is 1.27. The van der Waals surface area contributed by atoms with Crippen LogP contribution in [0.3, 0.4) is 0 Å². The Labute approximate surface area is 62.5 Å². The number of rotatable bonds is 5. The van der Waals surface area contributed by atoms with Gasteiger partial charge in [0.15, 0.2) is 0 Å². The van der Waals surface area contributed by atoms with E-state index < -0.39 is 0 Å². The minimum Gasteiger partial charge on any atom is -0.382 e. The van der Waals surface area contributed by atoms with E-state index in [4.69, 9.17) is 15.2 Å². The fourth-order valence-corrected chi connectivity index (χ4v) is 0.460. The summed E-state index contributed by atoms with van der Waals surface area (Å²) >= 11 is 0. The van der Waals surface area contributed by atoms with E-state index in [0.717, 1.165) is 0 Å². The molecule has 0 radical (unpaired) electrons. The highest BCUT2D eigenvalue weighted by molar-refractivity contribution is 4.68. The van der Waals surface area contributed by atoms with Crippen molar-refractivity contribution < 1.29 is 9.47 Å². The molecule has 3 heteroatoms. The van der Waals surface area contributed by atoms with Gasteiger partial charge in [-0.25, -0.2) is 0 Å². The molecule has 0 aliphatic carbocycles. The van der Waals surface area contributed by atoms with Crippen LogP contribution in [0.2, 0.25) is 0 Å². The number of nitrogens with two attached hydrogens (primary N) is 1. The van der Waals surface area contributed by atoms with Crippen LogP contribution >= 0.6 is 0 Å². The summed E-state index contributed by atoms with van der Waals surface area (Å²) in [7, 11) is 1.65. The molecule has 0 heterocycles. The molecular formula is C7H17NO2. The first kappa shape index (κ1) is 9.88. The molecule has 0 aromatic carbocycles. The largest absolute Gasteiger partial charge is 0.382 e. The minimum absolute atomic E-state index is 0.210. The molecule has 0 atom stereocenters. The van der Waals surface area contributed by atoms with Crippen LogP contribution in [0.1, 0.15) is 13.8 Å². The van der Waals surface area contributed by atoms with Crippen molar-refractivity contribution in [2.45, 2.75) is 19.4 Å². The second-order valence-corrected chi connectivity index (χ2v) is 2.81. The maximum absolute atomic E-state index is 5.42. The summed E-state index contributed by atoms with van der Waals surface area (Å²) in [5.41, 5.74) is 5.21. The first-order chi connectivity index (χ1) is 4.62. The molecule has 0 aliphatic heterocycles. The van der Waals surface area contributed by atoms with E-state index in [9.17, 15) is 0 Å². The number of methoxy groups -OCH3 is 1. The van der Waals surface area contributed by atoms with Crippen LogP contribution in [0.4, 0.5) is 0 Å². The Balaban J connectivity index is 3.28. The minimum atomic E-state index is -0.210. The standard InChI is InChI=1S/C7H17NO2/c1-7(2,6-8)10-5-4-9-3/h4-6,8H2,1-3H3. The molecule has 10 heavy (non-hydrogen) atoms. The Morgan fingerprint density at radius 3 is 2.30 bits per heavy atom. The lowest BCUT2D eigenvalue weighted by atomic mass is 10.1. The molecule has 0 spiro atoms. The van der Waals surface area contributed by atoms with Crippen LogP contribution in [0.25, 0.3) is 0 Å². The van der Waals surface area contributed by atoms with Crippen LogP contribution in [-0.4, -0.2) is 32.5 Å². The third-order valence-corrected chi connectivity index (χ3v) is 1.27. The Morgan fingerprint density at radius 1 is 1.30 bits per heavy atom. The van der Waals surface area contributed by atoms with E-state index in [1.165, 1.54) is 0 Å². The zero-order valence-corrected chi connectivity index (χ0v) is 7.02. The average molecular weight is 147 g/mol. The van der Waals surface area contributed by atoms with Gasteiger partial charge in [-0.15, -0.1) is 0 Å².